The van der Waals surface area contributed by atoms with Gasteiger partial charge in [-0.2, -0.15) is 0 Å². The van der Waals surface area contributed by atoms with Gasteiger partial charge in [0.15, 0.2) is 0 Å². The molecule has 0 saturated heterocycles. The molecule has 198 valence electrons. The standard InChI is InChI=1S/C35H35NO3/c1-37-30-17-13-24(14-18-30)21-26-7-5-8-27-23-29-10-6-9-28(22-25-15-19-31(38-2)20-16-25)35(29)36(34(26)27)32-11-3-4-12-33(32)39-35/h3-4,11-22,29H,5-10,23H2,1-2H3/b26-21+,28-22+/t29-,35+/m1/s1. The normalized spacial score (nSPS) is 25.5. The zero-order valence-corrected chi connectivity index (χ0v) is 22.8. The quantitative estimate of drug-likeness (QED) is 0.348. The summed E-state index contributed by atoms with van der Waals surface area (Å²) in [5.74, 6) is 3.18. The average Bonchev–Trinajstić information content (AvgIpc) is 3.33. The average molecular weight is 518 g/mol. The van der Waals surface area contributed by atoms with Crippen LogP contribution in [0.5, 0.6) is 17.2 Å². The molecule has 39 heavy (non-hydrogen) atoms. The molecule has 2 heterocycles. The van der Waals surface area contributed by atoms with E-state index in [0.29, 0.717) is 5.92 Å². The topological polar surface area (TPSA) is 30.9 Å². The second kappa shape index (κ2) is 9.68. The van der Waals surface area contributed by atoms with E-state index in [4.69, 9.17) is 14.2 Å². The van der Waals surface area contributed by atoms with Crippen molar-refractivity contribution in [3.63, 3.8) is 0 Å². The number of fused-ring (bicyclic) bond motifs is 3. The minimum Gasteiger partial charge on any atom is -0.497 e. The van der Waals surface area contributed by atoms with E-state index < -0.39 is 5.72 Å². The zero-order chi connectivity index (χ0) is 26.4. The Hall–Kier alpha value is -3.92. The third kappa shape index (κ3) is 3.96. The van der Waals surface area contributed by atoms with Gasteiger partial charge in [-0.25, -0.2) is 0 Å². The minimum atomic E-state index is -0.489. The molecule has 0 N–H and O–H groups in total. The van der Waals surface area contributed by atoms with Crippen LogP contribution in [0.3, 0.4) is 0 Å². The van der Waals surface area contributed by atoms with Crippen molar-refractivity contribution in [1.29, 1.82) is 0 Å². The highest BCUT2D eigenvalue weighted by Crippen LogP contribution is 2.61. The van der Waals surface area contributed by atoms with E-state index in [1.165, 1.54) is 52.9 Å². The first-order chi connectivity index (χ1) is 19.2. The van der Waals surface area contributed by atoms with Crippen LogP contribution in [0.2, 0.25) is 0 Å². The molecule has 2 atom stereocenters. The largest absolute Gasteiger partial charge is 0.497 e. The fourth-order valence-electron chi connectivity index (χ4n) is 7.17. The van der Waals surface area contributed by atoms with Crippen molar-refractivity contribution in [2.45, 2.75) is 50.7 Å². The van der Waals surface area contributed by atoms with Crippen LogP contribution >= 0.6 is 0 Å². The number of nitrogens with zero attached hydrogens (tertiary/aromatic N) is 1. The lowest BCUT2D eigenvalue weighted by molar-refractivity contribution is 0.0353. The number of hydrogen-bond acceptors (Lipinski definition) is 4. The molecule has 0 amide bonds. The third-order valence-electron chi connectivity index (χ3n) is 8.91. The Morgan fingerprint density at radius 3 is 2.21 bits per heavy atom. The van der Waals surface area contributed by atoms with Crippen LogP contribution in [0, 0.1) is 5.92 Å². The first kappa shape index (κ1) is 24.1. The summed E-state index contributed by atoms with van der Waals surface area (Å²) in [6.45, 7) is 0. The molecule has 4 heteroatoms. The molecule has 2 aliphatic carbocycles. The van der Waals surface area contributed by atoms with E-state index in [1.807, 2.05) is 24.3 Å². The predicted molar refractivity (Wildman–Crippen MR) is 157 cm³/mol. The maximum Gasteiger partial charge on any atom is 0.213 e. The molecule has 1 fully saturated rings. The Morgan fingerprint density at radius 1 is 0.795 bits per heavy atom. The summed E-state index contributed by atoms with van der Waals surface area (Å²) in [5, 5.41) is 0. The third-order valence-corrected chi connectivity index (χ3v) is 8.91. The number of rotatable bonds is 4. The van der Waals surface area contributed by atoms with Gasteiger partial charge in [0.2, 0.25) is 5.72 Å². The van der Waals surface area contributed by atoms with E-state index in [1.54, 1.807) is 19.8 Å². The van der Waals surface area contributed by atoms with Crippen molar-refractivity contribution in [3.05, 3.63) is 106 Å². The molecule has 0 bridgehead atoms. The number of benzene rings is 3. The SMILES string of the molecule is COc1ccc(/C=C2\CCCC3=C2N2c4ccccc4O[C@]24/C(=C/c2ccc(OC)cc2)CCC[C@@H]4C3)cc1. The monoisotopic (exact) mass is 517 g/mol. The fraction of sp³-hybridized carbons (Fsp3) is 0.314. The van der Waals surface area contributed by atoms with E-state index in [9.17, 15) is 0 Å². The summed E-state index contributed by atoms with van der Waals surface area (Å²) in [4.78, 5) is 2.61. The number of allylic oxidation sites excluding steroid dienone is 2. The summed E-state index contributed by atoms with van der Waals surface area (Å²) in [5.41, 5.74) is 8.87. The van der Waals surface area contributed by atoms with E-state index in [-0.39, 0.29) is 0 Å². The van der Waals surface area contributed by atoms with Crippen LogP contribution in [-0.2, 0) is 0 Å². The van der Waals surface area contributed by atoms with E-state index in [0.717, 1.165) is 42.9 Å². The molecule has 0 radical (unpaired) electrons. The summed E-state index contributed by atoms with van der Waals surface area (Å²) < 4.78 is 18.0. The van der Waals surface area contributed by atoms with Crippen LogP contribution in [-0.4, -0.2) is 19.9 Å². The van der Waals surface area contributed by atoms with Gasteiger partial charge in [0.05, 0.1) is 19.9 Å². The second-order valence-corrected chi connectivity index (χ2v) is 11.1. The number of para-hydroxylation sites is 2. The lowest BCUT2D eigenvalue weighted by Gasteiger charge is -2.53. The van der Waals surface area contributed by atoms with Gasteiger partial charge >= 0.3 is 0 Å². The van der Waals surface area contributed by atoms with Gasteiger partial charge in [-0.15, -0.1) is 0 Å². The van der Waals surface area contributed by atoms with Crippen molar-refractivity contribution >= 4 is 17.8 Å². The van der Waals surface area contributed by atoms with Crippen LogP contribution in [0.25, 0.3) is 12.2 Å². The molecule has 7 rings (SSSR count). The smallest absolute Gasteiger partial charge is 0.213 e. The molecule has 0 unspecified atom stereocenters. The number of methoxy groups -OCH3 is 2. The van der Waals surface area contributed by atoms with Crippen molar-refractivity contribution in [2.24, 2.45) is 5.92 Å². The highest BCUT2D eigenvalue weighted by atomic mass is 16.5. The van der Waals surface area contributed by atoms with Gasteiger partial charge in [0.25, 0.3) is 0 Å². The molecule has 0 aromatic heterocycles. The summed E-state index contributed by atoms with van der Waals surface area (Å²) >= 11 is 0. The van der Waals surface area contributed by atoms with E-state index in [2.05, 4.69) is 65.6 Å². The maximum atomic E-state index is 7.17. The first-order valence-corrected chi connectivity index (χ1v) is 14.2. The van der Waals surface area contributed by atoms with Crippen LogP contribution < -0.4 is 19.1 Å². The Morgan fingerprint density at radius 2 is 1.49 bits per heavy atom. The summed E-state index contributed by atoms with van der Waals surface area (Å²) in [7, 11) is 3.43. The molecule has 3 aromatic carbocycles. The van der Waals surface area contributed by atoms with Crippen molar-refractivity contribution in [2.75, 3.05) is 19.1 Å². The molecule has 4 aliphatic rings. The number of ether oxygens (including phenoxy) is 3. The summed E-state index contributed by atoms with van der Waals surface area (Å²) in [6.07, 6.45) is 12.7. The molecule has 1 saturated carbocycles. The fourth-order valence-corrected chi connectivity index (χ4v) is 7.17. The number of anilines is 1. The van der Waals surface area contributed by atoms with Crippen molar-refractivity contribution in [3.8, 4) is 17.2 Å². The second-order valence-electron chi connectivity index (χ2n) is 11.1. The van der Waals surface area contributed by atoms with Gasteiger partial charge in [-0.1, -0.05) is 36.4 Å². The highest BCUT2D eigenvalue weighted by Gasteiger charge is 2.59. The lowest BCUT2D eigenvalue weighted by atomic mass is 9.68. The molecule has 1 spiro atoms. The van der Waals surface area contributed by atoms with Crippen LogP contribution in [0.15, 0.2) is 95.2 Å². The van der Waals surface area contributed by atoms with Gasteiger partial charge in [0, 0.05) is 11.6 Å². The van der Waals surface area contributed by atoms with Crippen LogP contribution in [0.4, 0.5) is 5.69 Å². The number of hydrogen-bond donors (Lipinski definition) is 0. The van der Waals surface area contributed by atoms with Gasteiger partial charge in [0.1, 0.15) is 17.2 Å². The Labute approximate surface area is 231 Å². The van der Waals surface area contributed by atoms with Crippen molar-refractivity contribution in [1.82, 2.24) is 0 Å². The lowest BCUT2D eigenvalue weighted by Crippen LogP contribution is -2.60. The predicted octanol–water partition coefficient (Wildman–Crippen LogP) is 8.41. The highest BCUT2D eigenvalue weighted by molar-refractivity contribution is 5.78. The molecule has 3 aromatic rings. The first-order valence-electron chi connectivity index (χ1n) is 14.2. The molecule has 4 nitrogen and oxygen atoms in total. The van der Waals surface area contributed by atoms with Gasteiger partial charge in [-0.05, 0) is 121 Å². The zero-order valence-electron chi connectivity index (χ0n) is 22.8. The minimum absolute atomic E-state index is 0.419. The van der Waals surface area contributed by atoms with Gasteiger partial charge in [-0.3, -0.25) is 4.90 Å². The van der Waals surface area contributed by atoms with Crippen molar-refractivity contribution < 1.29 is 14.2 Å². The van der Waals surface area contributed by atoms with Crippen LogP contribution in [0.1, 0.15) is 56.1 Å². The maximum absolute atomic E-state index is 7.17. The molecular formula is C35H35NO3. The molecule has 2 aliphatic heterocycles. The molecular weight excluding hydrogens is 482 g/mol. The summed E-state index contributed by atoms with van der Waals surface area (Å²) in [6, 6.07) is 25.5. The van der Waals surface area contributed by atoms with E-state index >= 15 is 0 Å². The Bertz CT molecular complexity index is 1480. The van der Waals surface area contributed by atoms with Gasteiger partial charge < -0.3 is 14.2 Å². The Kier molecular flexibility index (Phi) is 5.99. The Balaban J connectivity index is 1.39.